The Bertz CT molecular complexity index is 1050. The molecule has 140 valence electrons. The monoisotopic (exact) mass is 510 g/mol. The maximum absolute atomic E-state index is 3.69. The molecule has 3 heteroatoms. The number of hydrogen-bond acceptors (Lipinski definition) is 1. The number of thiophene rings is 1. The molecule has 0 saturated heterocycles. The van der Waals surface area contributed by atoms with E-state index in [1.54, 1.807) is 5.57 Å². The summed E-state index contributed by atoms with van der Waals surface area (Å²) < 4.78 is 2.33. The molecule has 1 aromatic heterocycles. The summed E-state index contributed by atoms with van der Waals surface area (Å²) in [6.45, 7) is 2.41. The summed E-state index contributed by atoms with van der Waals surface area (Å²) in [7, 11) is 0. The summed E-state index contributed by atoms with van der Waals surface area (Å²) in [5.41, 5.74) is 8.64. The van der Waals surface area contributed by atoms with Gasteiger partial charge in [-0.15, -0.1) is 11.3 Å². The molecular formula is C25H20Br2S. The molecule has 2 aromatic carbocycles. The maximum Gasteiger partial charge on any atom is 0.0339 e. The SMILES string of the molecule is CC(CC1=CC(c2cccs2)=CC1)C1c2cc(Br)ccc2-c2ccc(Br)cc21. The maximum atomic E-state index is 3.69. The van der Waals surface area contributed by atoms with Gasteiger partial charge in [-0.05, 0) is 82.3 Å². The molecule has 0 amide bonds. The Morgan fingerprint density at radius 3 is 2.29 bits per heavy atom. The zero-order chi connectivity index (χ0) is 19.3. The highest BCUT2D eigenvalue weighted by Gasteiger charge is 2.33. The highest BCUT2D eigenvalue weighted by atomic mass is 79.9. The number of hydrogen-bond donors (Lipinski definition) is 0. The van der Waals surface area contributed by atoms with Crippen molar-refractivity contribution in [1.82, 2.24) is 0 Å². The zero-order valence-corrected chi connectivity index (χ0v) is 19.6. The molecule has 0 fully saturated rings. The topological polar surface area (TPSA) is 0 Å². The molecule has 0 bridgehead atoms. The fourth-order valence-corrected chi connectivity index (χ4v) is 6.22. The molecule has 0 spiro atoms. The lowest BCUT2D eigenvalue weighted by Gasteiger charge is -2.23. The van der Waals surface area contributed by atoms with Crippen LogP contribution in [0.25, 0.3) is 16.7 Å². The third-order valence-electron chi connectivity index (χ3n) is 5.89. The summed E-state index contributed by atoms with van der Waals surface area (Å²) in [6.07, 6.45) is 7.02. The third kappa shape index (κ3) is 3.28. The molecule has 3 aromatic rings. The number of allylic oxidation sites excluding steroid dienone is 4. The van der Waals surface area contributed by atoms with Gasteiger partial charge in [0.2, 0.25) is 0 Å². The minimum atomic E-state index is 0.437. The van der Waals surface area contributed by atoms with E-state index in [0.717, 1.165) is 21.8 Å². The molecular weight excluding hydrogens is 492 g/mol. The molecule has 2 aliphatic rings. The normalized spacial score (nSPS) is 16.5. The van der Waals surface area contributed by atoms with Crippen LogP contribution in [0.5, 0.6) is 0 Å². The van der Waals surface area contributed by atoms with Gasteiger partial charge in [0, 0.05) is 19.7 Å². The van der Waals surface area contributed by atoms with Crippen LogP contribution in [0.1, 0.15) is 41.7 Å². The predicted molar refractivity (Wildman–Crippen MR) is 128 cm³/mol. The zero-order valence-electron chi connectivity index (χ0n) is 15.6. The first-order valence-electron chi connectivity index (χ1n) is 9.63. The summed E-state index contributed by atoms with van der Waals surface area (Å²) in [5, 5.41) is 2.16. The van der Waals surface area contributed by atoms with E-state index >= 15 is 0 Å². The Morgan fingerprint density at radius 2 is 1.68 bits per heavy atom. The van der Waals surface area contributed by atoms with Crippen molar-refractivity contribution in [2.75, 3.05) is 0 Å². The smallest absolute Gasteiger partial charge is 0.0339 e. The van der Waals surface area contributed by atoms with Crippen LogP contribution in [0.3, 0.4) is 0 Å². The molecule has 1 unspecified atom stereocenters. The number of halogens is 2. The third-order valence-corrected chi connectivity index (χ3v) is 7.80. The molecule has 0 radical (unpaired) electrons. The largest absolute Gasteiger partial charge is 0.144 e. The molecule has 5 rings (SSSR count). The molecule has 0 aliphatic heterocycles. The standard InChI is InChI=1S/C25H20Br2S/c1-15(11-16-4-5-17(12-16)24-3-2-10-28-24)25-22-13-18(26)6-8-20(22)21-9-7-19(27)14-23(21)25/h2-3,5-10,12-15,25H,4,11H2,1H3. The highest BCUT2D eigenvalue weighted by Crippen LogP contribution is 2.51. The van der Waals surface area contributed by atoms with Gasteiger partial charge in [-0.3, -0.25) is 0 Å². The lowest BCUT2D eigenvalue weighted by atomic mass is 9.81. The Balaban J connectivity index is 1.47. The van der Waals surface area contributed by atoms with E-state index in [2.05, 4.69) is 105 Å². The Labute approximate surface area is 187 Å². The van der Waals surface area contributed by atoms with Gasteiger partial charge < -0.3 is 0 Å². The van der Waals surface area contributed by atoms with Gasteiger partial charge in [0.1, 0.15) is 0 Å². The van der Waals surface area contributed by atoms with E-state index in [1.807, 2.05) is 11.3 Å². The average molecular weight is 512 g/mol. The Kier molecular flexibility index (Phi) is 4.94. The van der Waals surface area contributed by atoms with E-state index in [0.29, 0.717) is 11.8 Å². The van der Waals surface area contributed by atoms with Gasteiger partial charge in [0.25, 0.3) is 0 Å². The Hall–Kier alpha value is -1.42. The van der Waals surface area contributed by atoms with Crippen LogP contribution in [0.4, 0.5) is 0 Å². The molecule has 0 saturated carbocycles. The molecule has 0 nitrogen and oxygen atoms in total. The van der Waals surface area contributed by atoms with E-state index in [9.17, 15) is 0 Å². The second-order valence-electron chi connectivity index (χ2n) is 7.77. The van der Waals surface area contributed by atoms with E-state index in [4.69, 9.17) is 0 Å². The molecule has 0 N–H and O–H groups in total. The minimum Gasteiger partial charge on any atom is -0.144 e. The van der Waals surface area contributed by atoms with Gasteiger partial charge >= 0.3 is 0 Å². The first-order valence-corrected chi connectivity index (χ1v) is 12.1. The van der Waals surface area contributed by atoms with Crippen molar-refractivity contribution in [3.63, 3.8) is 0 Å². The molecule has 1 atom stereocenters. The first kappa shape index (κ1) is 18.6. The van der Waals surface area contributed by atoms with Crippen molar-refractivity contribution in [2.45, 2.75) is 25.7 Å². The lowest BCUT2D eigenvalue weighted by molar-refractivity contribution is 0.512. The van der Waals surface area contributed by atoms with Crippen LogP contribution in [-0.2, 0) is 0 Å². The van der Waals surface area contributed by atoms with Crippen molar-refractivity contribution in [3.8, 4) is 11.1 Å². The highest BCUT2D eigenvalue weighted by molar-refractivity contribution is 9.10. The summed E-state index contributed by atoms with van der Waals surface area (Å²) >= 11 is 9.21. The molecule has 2 aliphatic carbocycles. The van der Waals surface area contributed by atoms with Crippen LogP contribution in [0.15, 0.2) is 80.6 Å². The van der Waals surface area contributed by atoms with Gasteiger partial charge in [-0.2, -0.15) is 0 Å². The quantitative estimate of drug-likeness (QED) is 0.328. The van der Waals surface area contributed by atoms with Crippen LogP contribution in [0, 0.1) is 5.92 Å². The summed E-state index contributed by atoms with van der Waals surface area (Å²) in [6, 6.07) is 17.9. The van der Waals surface area contributed by atoms with Gasteiger partial charge in [0.05, 0.1) is 0 Å². The van der Waals surface area contributed by atoms with E-state index in [1.165, 1.54) is 32.7 Å². The number of benzene rings is 2. The fraction of sp³-hybridized carbons (Fsp3) is 0.200. The predicted octanol–water partition coefficient (Wildman–Crippen LogP) is 8.83. The van der Waals surface area contributed by atoms with Crippen molar-refractivity contribution < 1.29 is 0 Å². The first-order chi connectivity index (χ1) is 13.6. The molecule has 28 heavy (non-hydrogen) atoms. The fourth-order valence-electron chi connectivity index (χ4n) is 4.72. The van der Waals surface area contributed by atoms with E-state index in [-0.39, 0.29) is 0 Å². The minimum absolute atomic E-state index is 0.437. The summed E-state index contributed by atoms with van der Waals surface area (Å²) in [4.78, 5) is 1.38. The van der Waals surface area contributed by atoms with Crippen molar-refractivity contribution >= 4 is 48.8 Å². The number of rotatable bonds is 4. The lowest BCUT2D eigenvalue weighted by Crippen LogP contribution is -2.10. The van der Waals surface area contributed by atoms with Crippen molar-refractivity contribution in [3.05, 3.63) is 96.6 Å². The van der Waals surface area contributed by atoms with Crippen molar-refractivity contribution in [2.24, 2.45) is 5.92 Å². The van der Waals surface area contributed by atoms with Gasteiger partial charge in [-0.25, -0.2) is 0 Å². The van der Waals surface area contributed by atoms with Crippen molar-refractivity contribution in [1.29, 1.82) is 0 Å². The number of fused-ring (bicyclic) bond motifs is 3. The second-order valence-corrected chi connectivity index (χ2v) is 10.5. The average Bonchev–Trinajstić information content (AvgIpc) is 3.39. The van der Waals surface area contributed by atoms with Crippen LogP contribution < -0.4 is 0 Å². The summed E-state index contributed by atoms with van der Waals surface area (Å²) in [5.74, 6) is 0.984. The van der Waals surface area contributed by atoms with Crippen LogP contribution >= 0.6 is 43.2 Å². The van der Waals surface area contributed by atoms with Crippen LogP contribution in [0.2, 0.25) is 0 Å². The van der Waals surface area contributed by atoms with Gasteiger partial charge in [-0.1, -0.05) is 74.7 Å². The Morgan fingerprint density at radius 1 is 1.00 bits per heavy atom. The van der Waals surface area contributed by atoms with Gasteiger partial charge in [0.15, 0.2) is 0 Å². The van der Waals surface area contributed by atoms with Crippen LogP contribution in [-0.4, -0.2) is 0 Å². The van der Waals surface area contributed by atoms with E-state index < -0.39 is 0 Å². The molecule has 1 heterocycles. The second kappa shape index (κ2) is 7.44.